The van der Waals surface area contributed by atoms with Crippen LogP contribution in [-0.2, 0) is 0 Å². The van der Waals surface area contributed by atoms with Crippen molar-refractivity contribution >= 4 is 5.69 Å². The Morgan fingerprint density at radius 1 is 1.28 bits per heavy atom. The summed E-state index contributed by atoms with van der Waals surface area (Å²) in [5, 5.41) is 9.95. The van der Waals surface area contributed by atoms with E-state index >= 15 is 0 Å². The maximum absolute atomic E-state index is 9.95. The smallest absolute Gasteiger partial charge is 0.0598 e. The van der Waals surface area contributed by atoms with Gasteiger partial charge in [-0.25, -0.2) is 0 Å². The van der Waals surface area contributed by atoms with Crippen molar-refractivity contribution in [1.82, 2.24) is 0 Å². The fraction of sp³-hybridized carbons (Fsp3) is 0.625. The second-order valence-electron chi connectivity index (χ2n) is 5.96. The van der Waals surface area contributed by atoms with Crippen LogP contribution in [0.5, 0.6) is 0 Å². The summed E-state index contributed by atoms with van der Waals surface area (Å²) >= 11 is 0. The van der Waals surface area contributed by atoms with E-state index in [2.05, 4.69) is 29.2 Å². The maximum Gasteiger partial charge on any atom is 0.0598 e. The number of benzene rings is 1. The summed E-state index contributed by atoms with van der Waals surface area (Å²) in [6.45, 7) is 4.09. The quantitative estimate of drug-likeness (QED) is 0.884. The molecule has 2 unspecified atom stereocenters. The lowest BCUT2D eigenvalue weighted by Gasteiger charge is -2.24. The number of rotatable bonds is 3. The molecule has 1 aliphatic carbocycles. The van der Waals surface area contributed by atoms with E-state index in [0.29, 0.717) is 5.92 Å². The lowest BCUT2D eigenvalue weighted by molar-refractivity contribution is 0.167. The van der Waals surface area contributed by atoms with E-state index in [1.54, 1.807) is 0 Å². The molecule has 0 saturated heterocycles. The first-order valence-corrected chi connectivity index (χ1v) is 7.27. The summed E-state index contributed by atoms with van der Waals surface area (Å²) in [7, 11) is 0. The van der Waals surface area contributed by atoms with Crippen LogP contribution in [0.15, 0.2) is 24.3 Å². The summed E-state index contributed by atoms with van der Waals surface area (Å²) in [4.78, 5) is 2.50. The number of hydrogen-bond acceptors (Lipinski definition) is 2. The standard InChI is InChI=1S/C16H23NO/c1-12(18)15-11-17(10-13-6-2-3-7-13)16-9-5-4-8-14(15)16/h4-5,8-9,12-13,15,18H,2-3,6-7,10-11H2,1H3. The van der Waals surface area contributed by atoms with Crippen LogP contribution in [0.25, 0.3) is 0 Å². The molecule has 0 amide bonds. The minimum absolute atomic E-state index is 0.250. The molecule has 0 spiro atoms. The molecule has 1 aromatic carbocycles. The first kappa shape index (κ1) is 12.0. The minimum Gasteiger partial charge on any atom is -0.393 e. The summed E-state index contributed by atoms with van der Waals surface area (Å²) in [6, 6.07) is 8.60. The lowest BCUT2D eigenvalue weighted by Crippen LogP contribution is -2.29. The van der Waals surface area contributed by atoms with Crippen LogP contribution in [0.3, 0.4) is 0 Å². The highest BCUT2D eigenvalue weighted by Gasteiger charge is 2.32. The van der Waals surface area contributed by atoms with Gasteiger partial charge in [-0.2, -0.15) is 0 Å². The first-order chi connectivity index (χ1) is 8.75. The third-order valence-corrected chi connectivity index (χ3v) is 4.63. The van der Waals surface area contributed by atoms with Gasteiger partial charge in [-0.15, -0.1) is 0 Å². The third kappa shape index (κ3) is 2.14. The van der Waals surface area contributed by atoms with Gasteiger partial charge >= 0.3 is 0 Å². The molecule has 1 fully saturated rings. The van der Waals surface area contributed by atoms with Crippen LogP contribution in [0, 0.1) is 5.92 Å². The third-order valence-electron chi connectivity index (χ3n) is 4.63. The number of anilines is 1. The van der Waals surface area contributed by atoms with E-state index in [1.165, 1.54) is 43.5 Å². The maximum atomic E-state index is 9.95. The van der Waals surface area contributed by atoms with Crippen molar-refractivity contribution in [3.05, 3.63) is 29.8 Å². The molecule has 2 heteroatoms. The van der Waals surface area contributed by atoms with Gasteiger partial charge in [0.05, 0.1) is 6.10 Å². The van der Waals surface area contributed by atoms with Gasteiger partial charge in [0.25, 0.3) is 0 Å². The predicted octanol–water partition coefficient (Wildman–Crippen LogP) is 3.16. The molecule has 0 radical (unpaired) electrons. The Labute approximate surface area is 110 Å². The van der Waals surface area contributed by atoms with Crippen molar-refractivity contribution in [3.8, 4) is 0 Å². The molecule has 2 nitrogen and oxygen atoms in total. The molecule has 2 atom stereocenters. The van der Waals surface area contributed by atoms with Gasteiger partial charge in [0.2, 0.25) is 0 Å². The van der Waals surface area contributed by atoms with Crippen molar-refractivity contribution < 1.29 is 5.11 Å². The number of hydrogen-bond donors (Lipinski definition) is 1. The first-order valence-electron chi connectivity index (χ1n) is 7.27. The molecule has 1 heterocycles. The zero-order valence-corrected chi connectivity index (χ0v) is 11.2. The van der Waals surface area contributed by atoms with E-state index in [9.17, 15) is 5.11 Å². The van der Waals surface area contributed by atoms with Crippen molar-refractivity contribution in [2.75, 3.05) is 18.0 Å². The summed E-state index contributed by atoms with van der Waals surface area (Å²) < 4.78 is 0. The van der Waals surface area contributed by atoms with Crippen LogP contribution in [0.1, 0.15) is 44.1 Å². The Morgan fingerprint density at radius 3 is 2.72 bits per heavy atom. The van der Waals surface area contributed by atoms with Crippen molar-refractivity contribution in [2.45, 2.75) is 44.6 Å². The molecule has 2 aliphatic rings. The number of fused-ring (bicyclic) bond motifs is 1. The number of para-hydroxylation sites is 1. The van der Waals surface area contributed by atoms with Gasteiger partial charge in [-0.3, -0.25) is 0 Å². The molecule has 0 aromatic heterocycles. The zero-order valence-electron chi connectivity index (χ0n) is 11.2. The monoisotopic (exact) mass is 245 g/mol. The van der Waals surface area contributed by atoms with Gasteiger partial charge < -0.3 is 10.0 Å². The average molecular weight is 245 g/mol. The number of aliphatic hydroxyl groups excluding tert-OH is 1. The van der Waals surface area contributed by atoms with Gasteiger partial charge in [-0.05, 0) is 37.3 Å². The molecule has 0 bridgehead atoms. The molecular weight excluding hydrogens is 222 g/mol. The highest BCUT2D eigenvalue weighted by atomic mass is 16.3. The molecule has 98 valence electrons. The Kier molecular flexibility index (Phi) is 3.29. The lowest BCUT2D eigenvalue weighted by atomic mass is 9.97. The molecule has 18 heavy (non-hydrogen) atoms. The highest BCUT2D eigenvalue weighted by Crippen LogP contribution is 2.39. The van der Waals surface area contributed by atoms with Crippen LogP contribution in [0.4, 0.5) is 5.69 Å². The van der Waals surface area contributed by atoms with E-state index in [1.807, 2.05) is 6.92 Å². The van der Waals surface area contributed by atoms with Crippen molar-refractivity contribution in [3.63, 3.8) is 0 Å². The van der Waals surface area contributed by atoms with E-state index < -0.39 is 0 Å². The second-order valence-corrected chi connectivity index (χ2v) is 5.96. The fourth-order valence-corrected chi connectivity index (χ4v) is 3.61. The Balaban J connectivity index is 1.80. The Morgan fingerprint density at radius 2 is 2.00 bits per heavy atom. The molecule has 3 rings (SSSR count). The molecular formula is C16H23NO. The van der Waals surface area contributed by atoms with Crippen LogP contribution in [0.2, 0.25) is 0 Å². The molecule has 1 saturated carbocycles. The Bertz CT molecular complexity index is 407. The van der Waals surface area contributed by atoms with Crippen LogP contribution >= 0.6 is 0 Å². The molecule has 1 aliphatic heterocycles. The number of aliphatic hydroxyl groups is 1. The van der Waals surface area contributed by atoms with Crippen LogP contribution in [-0.4, -0.2) is 24.3 Å². The average Bonchev–Trinajstić information content (AvgIpc) is 2.98. The zero-order chi connectivity index (χ0) is 12.5. The molecule has 1 N–H and O–H groups in total. The van der Waals surface area contributed by atoms with Gasteiger partial charge in [-0.1, -0.05) is 31.0 Å². The minimum atomic E-state index is -0.250. The highest BCUT2D eigenvalue weighted by molar-refractivity contribution is 5.60. The van der Waals surface area contributed by atoms with Crippen LogP contribution < -0.4 is 4.90 Å². The van der Waals surface area contributed by atoms with Gasteiger partial charge in [0.1, 0.15) is 0 Å². The fourth-order valence-electron chi connectivity index (χ4n) is 3.61. The second kappa shape index (κ2) is 4.93. The van der Waals surface area contributed by atoms with Gasteiger partial charge in [0, 0.05) is 24.7 Å². The predicted molar refractivity (Wildman–Crippen MR) is 75.0 cm³/mol. The topological polar surface area (TPSA) is 23.5 Å². The Hall–Kier alpha value is -1.02. The van der Waals surface area contributed by atoms with E-state index in [-0.39, 0.29) is 6.10 Å². The number of nitrogens with zero attached hydrogens (tertiary/aromatic N) is 1. The normalized spacial score (nSPS) is 25.4. The molecule has 1 aromatic rings. The largest absolute Gasteiger partial charge is 0.393 e. The van der Waals surface area contributed by atoms with Gasteiger partial charge in [0.15, 0.2) is 0 Å². The van der Waals surface area contributed by atoms with E-state index in [4.69, 9.17) is 0 Å². The summed E-state index contributed by atoms with van der Waals surface area (Å²) in [6.07, 6.45) is 5.33. The van der Waals surface area contributed by atoms with Crippen molar-refractivity contribution in [2.24, 2.45) is 5.92 Å². The summed E-state index contributed by atoms with van der Waals surface area (Å²) in [5.41, 5.74) is 2.70. The SMILES string of the molecule is CC(O)C1CN(CC2CCCC2)c2ccccc21. The summed E-state index contributed by atoms with van der Waals surface area (Å²) in [5.74, 6) is 1.16. The van der Waals surface area contributed by atoms with Crippen molar-refractivity contribution in [1.29, 1.82) is 0 Å². The van der Waals surface area contributed by atoms with E-state index in [0.717, 1.165) is 12.5 Å².